The number of ether oxygens (including phenoxy) is 2. The number of hydrogen-bond acceptors (Lipinski definition) is 4. The monoisotopic (exact) mass is 364 g/mol. The van der Waals surface area contributed by atoms with E-state index in [2.05, 4.69) is 15.6 Å². The lowest BCUT2D eigenvalue weighted by Crippen LogP contribution is -2.43. The van der Waals surface area contributed by atoms with Crippen LogP contribution in [-0.2, 0) is 11.3 Å². The Morgan fingerprint density at radius 2 is 1.77 bits per heavy atom. The van der Waals surface area contributed by atoms with Crippen molar-refractivity contribution in [3.05, 3.63) is 29.8 Å². The van der Waals surface area contributed by atoms with Crippen molar-refractivity contribution >= 4 is 12.1 Å². The Balaban J connectivity index is 2.39. The van der Waals surface area contributed by atoms with E-state index in [1.807, 2.05) is 63.9 Å². The third-order valence-corrected chi connectivity index (χ3v) is 3.30. The Morgan fingerprint density at radius 3 is 2.31 bits per heavy atom. The number of rotatable bonds is 7. The lowest BCUT2D eigenvalue weighted by Gasteiger charge is -2.23. The smallest absolute Gasteiger partial charge is 0.407 e. The average Bonchev–Trinajstić information content (AvgIpc) is 2.55. The molecule has 1 amide bonds. The second-order valence-corrected chi connectivity index (χ2v) is 6.84. The zero-order valence-electron chi connectivity index (χ0n) is 16.8. The number of nitrogens with zero attached hydrogens (tertiary/aromatic N) is 2. The van der Waals surface area contributed by atoms with Crippen molar-refractivity contribution in [1.82, 2.24) is 15.5 Å². The lowest BCUT2D eigenvalue weighted by atomic mass is 10.2. The van der Waals surface area contributed by atoms with Crippen molar-refractivity contribution in [3.63, 3.8) is 0 Å². The van der Waals surface area contributed by atoms with Crippen LogP contribution in [0.3, 0.4) is 0 Å². The molecule has 0 heterocycles. The molecule has 26 heavy (non-hydrogen) atoms. The van der Waals surface area contributed by atoms with E-state index in [-0.39, 0.29) is 0 Å². The maximum absolute atomic E-state index is 11.6. The zero-order valence-corrected chi connectivity index (χ0v) is 16.8. The van der Waals surface area contributed by atoms with Gasteiger partial charge in [-0.1, -0.05) is 12.1 Å². The number of hydrogen-bond donors (Lipinski definition) is 2. The number of aliphatic imine (C=N–C) groups is 1. The summed E-state index contributed by atoms with van der Waals surface area (Å²) >= 11 is 0. The lowest BCUT2D eigenvalue weighted by molar-refractivity contribution is 0.0529. The summed E-state index contributed by atoms with van der Waals surface area (Å²) in [6.07, 6.45) is -0.419. The third kappa shape index (κ3) is 8.60. The first-order chi connectivity index (χ1) is 12.2. The van der Waals surface area contributed by atoms with E-state index in [1.54, 1.807) is 7.05 Å². The molecule has 7 heteroatoms. The van der Waals surface area contributed by atoms with Gasteiger partial charge in [-0.25, -0.2) is 4.79 Å². The number of nitrogens with one attached hydrogen (secondary N) is 2. The molecule has 0 saturated carbocycles. The molecule has 0 aliphatic carbocycles. The molecular formula is C19H32N4O3. The molecule has 0 unspecified atom stereocenters. The molecule has 0 radical (unpaired) electrons. The predicted molar refractivity (Wildman–Crippen MR) is 105 cm³/mol. The average molecular weight is 364 g/mol. The van der Waals surface area contributed by atoms with E-state index in [0.717, 1.165) is 17.3 Å². The van der Waals surface area contributed by atoms with Crippen LogP contribution in [0.25, 0.3) is 0 Å². The van der Waals surface area contributed by atoms with E-state index in [0.29, 0.717) is 26.2 Å². The molecule has 0 spiro atoms. The van der Waals surface area contributed by atoms with Crippen LogP contribution in [0.15, 0.2) is 29.3 Å². The number of carbonyl (C=O) groups is 1. The van der Waals surface area contributed by atoms with Crippen LogP contribution in [-0.4, -0.2) is 56.3 Å². The molecule has 0 atom stereocenters. The Labute approximate surface area is 156 Å². The zero-order chi connectivity index (χ0) is 19.6. The summed E-state index contributed by atoms with van der Waals surface area (Å²) in [5.74, 6) is 1.62. The van der Waals surface area contributed by atoms with Gasteiger partial charge < -0.3 is 25.0 Å². The van der Waals surface area contributed by atoms with Crippen LogP contribution in [0, 0.1) is 0 Å². The van der Waals surface area contributed by atoms with E-state index in [4.69, 9.17) is 9.47 Å². The molecule has 1 aromatic rings. The molecule has 1 rings (SSSR count). The second kappa shape index (κ2) is 10.5. The minimum absolute atomic E-state index is 0.419. The Kier molecular flexibility index (Phi) is 8.75. The van der Waals surface area contributed by atoms with Crippen LogP contribution in [0.2, 0.25) is 0 Å². The highest BCUT2D eigenvalue weighted by Gasteiger charge is 2.15. The van der Waals surface area contributed by atoms with Gasteiger partial charge in [-0.15, -0.1) is 0 Å². The number of amides is 1. The van der Waals surface area contributed by atoms with Gasteiger partial charge in [0.05, 0.1) is 6.61 Å². The fourth-order valence-corrected chi connectivity index (χ4v) is 2.24. The fourth-order valence-electron chi connectivity index (χ4n) is 2.24. The summed E-state index contributed by atoms with van der Waals surface area (Å²) in [4.78, 5) is 17.9. The van der Waals surface area contributed by atoms with E-state index >= 15 is 0 Å². The van der Waals surface area contributed by atoms with Crippen LogP contribution >= 0.6 is 0 Å². The summed E-state index contributed by atoms with van der Waals surface area (Å²) in [6.45, 7) is 9.85. The van der Waals surface area contributed by atoms with Gasteiger partial charge in [0, 0.05) is 33.7 Å². The third-order valence-electron chi connectivity index (χ3n) is 3.30. The van der Waals surface area contributed by atoms with Crippen molar-refractivity contribution in [1.29, 1.82) is 0 Å². The van der Waals surface area contributed by atoms with Crippen LogP contribution < -0.4 is 15.4 Å². The van der Waals surface area contributed by atoms with Gasteiger partial charge >= 0.3 is 6.09 Å². The molecule has 0 aromatic heterocycles. The topological polar surface area (TPSA) is 75.2 Å². The highest BCUT2D eigenvalue weighted by atomic mass is 16.6. The molecular weight excluding hydrogens is 332 g/mol. The molecule has 0 fully saturated rings. The quantitative estimate of drug-likeness (QED) is 0.442. The largest absolute Gasteiger partial charge is 0.494 e. The Bertz CT molecular complexity index is 579. The normalized spacial score (nSPS) is 11.7. The van der Waals surface area contributed by atoms with Crippen molar-refractivity contribution in [2.24, 2.45) is 4.99 Å². The molecule has 0 aliphatic rings. The highest BCUT2D eigenvalue weighted by Crippen LogP contribution is 2.13. The van der Waals surface area contributed by atoms with Crippen LogP contribution in [0.4, 0.5) is 4.79 Å². The van der Waals surface area contributed by atoms with Gasteiger partial charge in [-0.05, 0) is 45.4 Å². The predicted octanol–water partition coefficient (Wildman–Crippen LogP) is 2.62. The minimum Gasteiger partial charge on any atom is -0.494 e. The summed E-state index contributed by atoms with van der Waals surface area (Å²) < 4.78 is 10.7. The highest BCUT2D eigenvalue weighted by molar-refractivity contribution is 5.79. The first-order valence-electron chi connectivity index (χ1n) is 8.85. The van der Waals surface area contributed by atoms with Gasteiger partial charge in [0.1, 0.15) is 11.4 Å². The first-order valence-corrected chi connectivity index (χ1v) is 8.85. The summed E-state index contributed by atoms with van der Waals surface area (Å²) in [5.41, 5.74) is 0.664. The van der Waals surface area contributed by atoms with Crippen molar-refractivity contribution < 1.29 is 14.3 Å². The summed E-state index contributed by atoms with van der Waals surface area (Å²) in [7, 11) is 3.70. The van der Waals surface area contributed by atoms with E-state index in [9.17, 15) is 4.79 Å². The maximum atomic E-state index is 11.6. The molecule has 0 aliphatic heterocycles. The number of benzene rings is 1. The van der Waals surface area contributed by atoms with Crippen LogP contribution in [0.5, 0.6) is 5.75 Å². The Hall–Kier alpha value is -2.44. The van der Waals surface area contributed by atoms with Crippen molar-refractivity contribution in [2.75, 3.05) is 33.8 Å². The molecule has 146 valence electrons. The SMILES string of the molecule is CCOc1ccc(CN(C)C(=NC)NCCNC(=O)OC(C)(C)C)cc1. The standard InChI is InChI=1S/C19H32N4O3/c1-7-25-16-10-8-15(9-11-16)14-23(6)17(20-5)21-12-13-22-18(24)26-19(2,3)4/h8-11H,7,12-14H2,1-6H3,(H,20,21)(H,22,24). The van der Waals surface area contributed by atoms with Gasteiger partial charge in [-0.2, -0.15) is 0 Å². The first kappa shape index (κ1) is 21.6. The summed E-state index contributed by atoms with van der Waals surface area (Å²) in [6, 6.07) is 8.01. The van der Waals surface area contributed by atoms with Gasteiger partial charge in [-0.3, -0.25) is 4.99 Å². The van der Waals surface area contributed by atoms with Crippen molar-refractivity contribution in [3.8, 4) is 5.75 Å². The second-order valence-electron chi connectivity index (χ2n) is 6.84. The maximum Gasteiger partial charge on any atom is 0.407 e. The van der Waals surface area contributed by atoms with Gasteiger partial charge in [0.2, 0.25) is 0 Å². The Morgan fingerprint density at radius 1 is 1.15 bits per heavy atom. The molecule has 2 N–H and O–H groups in total. The molecule has 7 nitrogen and oxygen atoms in total. The summed E-state index contributed by atoms with van der Waals surface area (Å²) in [5, 5.41) is 5.93. The molecule has 1 aromatic carbocycles. The molecule has 0 saturated heterocycles. The minimum atomic E-state index is -0.495. The fraction of sp³-hybridized carbons (Fsp3) is 0.579. The van der Waals surface area contributed by atoms with E-state index < -0.39 is 11.7 Å². The van der Waals surface area contributed by atoms with E-state index in [1.165, 1.54) is 0 Å². The molecule has 0 bridgehead atoms. The number of carbonyl (C=O) groups excluding carboxylic acids is 1. The van der Waals surface area contributed by atoms with Crippen molar-refractivity contribution in [2.45, 2.75) is 39.8 Å². The number of guanidine groups is 1. The number of alkyl carbamates (subject to hydrolysis) is 1. The van der Waals surface area contributed by atoms with Gasteiger partial charge in [0.25, 0.3) is 0 Å². The van der Waals surface area contributed by atoms with Crippen LogP contribution in [0.1, 0.15) is 33.3 Å². The van der Waals surface area contributed by atoms with Gasteiger partial charge in [0.15, 0.2) is 5.96 Å².